The van der Waals surface area contributed by atoms with E-state index in [1.807, 2.05) is 0 Å². The molecule has 0 fully saturated rings. The Labute approximate surface area is 118 Å². The van der Waals surface area contributed by atoms with Crippen LogP contribution in [-0.2, 0) is 6.18 Å². The van der Waals surface area contributed by atoms with Gasteiger partial charge in [-0.3, -0.25) is 5.32 Å². The standard InChI is InChI=1S/C14H12F3N3O/c1-8-5-12(20-13(18)21)19-7-11(8)9-3-2-4-10(6-9)14(15,16)17/h2-7H,1H3,(H3,18,19,20,21). The molecule has 1 heterocycles. The lowest BCUT2D eigenvalue weighted by atomic mass is 10.0. The number of anilines is 1. The summed E-state index contributed by atoms with van der Waals surface area (Å²) in [7, 11) is 0. The molecule has 2 rings (SSSR count). The minimum Gasteiger partial charge on any atom is -0.351 e. The smallest absolute Gasteiger partial charge is 0.351 e. The van der Waals surface area contributed by atoms with E-state index in [-0.39, 0.29) is 5.82 Å². The number of benzene rings is 1. The molecule has 4 nitrogen and oxygen atoms in total. The van der Waals surface area contributed by atoms with Gasteiger partial charge in [-0.1, -0.05) is 12.1 Å². The Kier molecular flexibility index (Phi) is 3.84. The summed E-state index contributed by atoms with van der Waals surface area (Å²) in [5.74, 6) is 0.246. The third-order valence-electron chi connectivity index (χ3n) is 2.86. The Morgan fingerprint density at radius 1 is 1.29 bits per heavy atom. The number of aryl methyl sites for hydroxylation is 1. The van der Waals surface area contributed by atoms with Crippen LogP contribution in [0.3, 0.4) is 0 Å². The van der Waals surface area contributed by atoms with Crippen molar-refractivity contribution in [3.05, 3.63) is 47.7 Å². The molecule has 0 spiro atoms. The maximum absolute atomic E-state index is 12.7. The lowest BCUT2D eigenvalue weighted by Crippen LogP contribution is -2.20. The number of carbonyl (C=O) groups is 1. The number of urea groups is 1. The summed E-state index contributed by atoms with van der Waals surface area (Å²) in [5.41, 5.74) is 5.88. The lowest BCUT2D eigenvalue weighted by Gasteiger charge is -2.11. The van der Waals surface area contributed by atoms with Crippen LogP contribution < -0.4 is 11.1 Å². The molecular weight excluding hydrogens is 283 g/mol. The summed E-state index contributed by atoms with van der Waals surface area (Å²) in [6.45, 7) is 1.71. The minimum absolute atomic E-state index is 0.246. The normalized spacial score (nSPS) is 11.2. The summed E-state index contributed by atoms with van der Waals surface area (Å²) < 4.78 is 38.1. The topological polar surface area (TPSA) is 68.0 Å². The summed E-state index contributed by atoms with van der Waals surface area (Å²) in [6, 6.07) is 5.77. The summed E-state index contributed by atoms with van der Waals surface area (Å²) in [4.78, 5) is 14.7. The van der Waals surface area contributed by atoms with Gasteiger partial charge >= 0.3 is 12.2 Å². The number of nitrogens with one attached hydrogen (secondary N) is 1. The van der Waals surface area contributed by atoms with Crippen molar-refractivity contribution in [1.82, 2.24) is 4.98 Å². The molecule has 7 heteroatoms. The molecule has 3 N–H and O–H groups in total. The van der Waals surface area contributed by atoms with Crippen molar-refractivity contribution in [2.24, 2.45) is 5.73 Å². The van der Waals surface area contributed by atoms with Crippen molar-refractivity contribution >= 4 is 11.8 Å². The fourth-order valence-corrected chi connectivity index (χ4v) is 1.92. The number of hydrogen-bond donors (Lipinski definition) is 2. The molecule has 0 aliphatic heterocycles. The predicted octanol–water partition coefficient (Wildman–Crippen LogP) is 3.57. The Bertz CT molecular complexity index is 683. The monoisotopic (exact) mass is 295 g/mol. The average molecular weight is 295 g/mol. The molecule has 2 amide bonds. The number of rotatable bonds is 2. The van der Waals surface area contributed by atoms with E-state index in [9.17, 15) is 18.0 Å². The van der Waals surface area contributed by atoms with Gasteiger partial charge in [0.15, 0.2) is 0 Å². The highest BCUT2D eigenvalue weighted by molar-refractivity contribution is 5.87. The van der Waals surface area contributed by atoms with E-state index in [1.165, 1.54) is 12.3 Å². The molecule has 1 aromatic carbocycles. The van der Waals surface area contributed by atoms with E-state index in [0.717, 1.165) is 12.1 Å². The number of nitrogens with two attached hydrogens (primary N) is 1. The Morgan fingerprint density at radius 3 is 2.57 bits per heavy atom. The number of halogens is 3. The fraction of sp³-hybridized carbons (Fsp3) is 0.143. The third kappa shape index (κ3) is 3.50. The van der Waals surface area contributed by atoms with Gasteiger partial charge in [-0.05, 0) is 36.2 Å². The van der Waals surface area contributed by atoms with Gasteiger partial charge in [0.05, 0.1) is 5.56 Å². The molecular formula is C14H12F3N3O. The SMILES string of the molecule is Cc1cc(NC(N)=O)ncc1-c1cccc(C(F)(F)F)c1. The van der Waals surface area contributed by atoms with Crippen LogP contribution >= 0.6 is 0 Å². The number of nitrogens with zero attached hydrogens (tertiary/aromatic N) is 1. The number of pyridine rings is 1. The second-order valence-corrected chi connectivity index (χ2v) is 4.45. The Balaban J connectivity index is 2.41. The zero-order chi connectivity index (χ0) is 15.6. The molecule has 21 heavy (non-hydrogen) atoms. The van der Waals surface area contributed by atoms with E-state index >= 15 is 0 Å². The van der Waals surface area contributed by atoms with E-state index in [2.05, 4.69) is 10.3 Å². The van der Waals surface area contributed by atoms with Crippen LogP contribution in [0.5, 0.6) is 0 Å². The minimum atomic E-state index is -4.40. The van der Waals surface area contributed by atoms with Crippen molar-refractivity contribution in [2.45, 2.75) is 13.1 Å². The van der Waals surface area contributed by atoms with Gasteiger partial charge in [-0.25, -0.2) is 9.78 Å². The number of alkyl halides is 3. The van der Waals surface area contributed by atoms with Crippen LogP contribution in [0.4, 0.5) is 23.8 Å². The predicted molar refractivity (Wildman–Crippen MR) is 72.6 cm³/mol. The molecule has 110 valence electrons. The van der Waals surface area contributed by atoms with Gasteiger partial charge in [0, 0.05) is 11.8 Å². The lowest BCUT2D eigenvalue weighted by molar-refractivity contribution is -0.137. The maximum atomic E-state index is 12.7. The van der Waals surface area contributed by atoms with Crippen LogP contribution in [0, 0.1) is 6.92 Å². The number of hydrogen-bond acceptors (Lipinski definition) is 2. The average Bonchev–Trinajstić information content (AvgIpc) is 2.37. The van der Waals surface area contributed by atoms with Crippen molar-refractivity contribution in [3.8, 4) is 11.1 Å². The fourth-order valence-electron chi connectivity index (χ4n) is 1.92. The van der Waals surface area contributed by atoms with Gasteiger partial charge in [0.25, 0.3) is 0 Å². The van der Waals surface area contributed by atoms with Crippen molar-refractivity contribution in [1.29, 1.82) is 0 Å². The molecule has 0 unspecified atom stereocenters. The zero-order valence-corrected chi connectivity index (χ0v) is 11.0. The highest BCUT2D eigenvalue weighted by Gasteiger charge is 2.30. The first-order valence-electron chi connectivity index (χ1n) is 5.98. The molecule has 0 aliphatic carbocycles. The van der Waals surface area contributed by atoms with Gasteiger partial charge < -0.3 is 5.73 Å². The second-order valence-electron chi connectivity index (χ2n) is 4.45. The zero-order valence-electron chi connectivity index (χ0n) is 11.0. The quantitative estimate of drug-likeness (QED) is 0.889. The summed E-state index contributed by atoms with van der Waals surface area (Å²) in [6.07, 6.45) is -3.00. The maximum Gasteiger partial charge on any atom is 0.416 e. The van der Waals surface area contributed by atoms with Gasteiger partial charge in [-0.2, -0.15) is 13.2 Å². The summed E-state index contributed by atoms with van der Waals surface area (Å²) >= 11 is 0. The van der Waals surface area contributed by atoms with Crippen LogP contribution in [0.15, 0.2) is 36.5 Å². The molecule has 0 atom stereocenters. The largest absolute Gasteiger partial charge is 0.416 e. The molecule has 0 aliphatic rings. The summed E-state index contributed by atoms with van der Waals surface area (Å²) in [5, 5.41) is 2.31. The van der Waals surface area contributed by atoms with Crippen LogP contribution in [0.25, 0.3) is 11.1 Å². The number of carbonyl (C=O) groups excluding carboxylic acids is 1. The first-order valence-corrected chi connectivity index (χ1v) is 5.98. The molecule has 0 saturated heterocycles. The Morgan fingerprint density at radius 2 is 2.00 bits per heavy atom. The first-order chi connectivity index (χ1) is 9.77. The first kappa shape index (κ1) is 14.8. The number of primary amides is 1. The Hall–Kier alpha value is -2.57. The highest BCUT2D eigenvalue weighted by atomic mass is 19.4. The van der Waals surface area contributed by atoms with Crippen LogP contribution in [-0.4, -0.2) is 11.0 Å². The van der Waals surface area contributed by atoms with Crippen LogP contribution in [0.1, 0.15) is 11.1 Å². The van der Waals surface area contributed by atoms with E-state index in [4.69, 9.17) is 5.73 Å². The van der Waals surface area contributed by atoms with Crippen molar-refractivity contribution < 1.29 is 18.0 Å². The number of aromatic nitrogens is 1. The molecule has 0 bridgehead atoms. The third-order valence-corrected chi connectivity index (χ3v) is 2.86. The molecule has 0 saturated carbocycles. The number of amides is 2. The van der Waals surface area contributed by atoms with E-state index < -0.39 is 17.8 Å². The van der Waals surface area contributed by atoms with Crippen molar-refractivity contribution in [2.75, 3.05) is 5.32 Å². The highest BCUT2D eigenvalue weighted by Crippen LogP contribution is 2.33. The van der Waals surface area contributed by atoms with Gasteiger partial charge in [-0.15, -0.1) is 0 Å². The van der Waals surface area contributed by atoms with Crippen molar-refractivity contribution in [3.63, 3.8) is 0 Å². The van der Waals surface area contributed by atoms with E-state index in [1.54, 1.807) is 19.1 Å². The molecule has 1 aromatic heterocycles. The second kappa shape index (κ2) is 5.43. The van der Waals surface area contributed by atoms with Gasteiger partial charge in [0.1, 0.15) is 5.82 Å². The van der Waals surface area contributed by atoms with Crippen LogP contribution in [0.2, 0.25) is 0 Å². The van der Waals surface area contributed by atoms with E-state index in [0.29, 0.717) is 16.7 Å². The molecule has 2 aromatic rings. The molecule has 0 radical (unpaired) electrons. The van der Waals surface area contributed by atoms with Gasteiger partial charge in [0.2, 0.25) is 0 Å².